The van der Waals surface area contributed by atoms with E-state index in [4.69, 9.17) is 9.05 Å². The van der Waals surface area contributed by atoms with Gasteiger partial charge in [0.25, 0.3) is 0 Å². The Morgan fingerprint density at radius 1 is 1.00 bits per heavy atom. The van der Waals surface area contributed by atoms with Crippen LogP contribution < -0.4 is 0 Å². The van der Waals surface area contributed by atoms with Crippen molar-refractivity contribution in [3.63, 3.8) is 0 Å². The molecule has 0 saturated carbocycles. The normalized spacial score (nSPS) is 39.6. The monoisotopic (exact) mass is 222 g/mol. The van der Waals surface area contributed by atoms with E-state index in [0.29, 0.717) is 0 Å². The van der Waals surface area contributed by atoms with Crippen LogP contribution in [0.1, 0.15) is 0 Å². The van der Waals surface area contributed by atoms with Gasteiger partial charge in [-0.2, -0.15) is 0 Å². The molecule has 3 heterocycles. The molecule has 0 unspecified atom stereocenters. The van der Waals surface area contributed by atoms with Crippen molar-refractivity contribution >= 4 is 17.9 Å². The number of hydrogen-bond donors (Lipinski definition) is 0. The zero-order valence-corrected chi connectivity index (χ0v) is 9.52. The van der Waals surface area contributed by atoms with Gasteiger partial charge in [0.15, 0.2) is 0 Å². The van der Waals surface area contributed by atoms with E-state index >= 15 is 0 Å². The fourth-order valence-electron chi connectivity index (χ4n) is 2.61. The van der Waals surface area contributed by atoms with E-state index in [2.05, 4.69) is 15.6 Å². The van der Waals surface area contributed by atoms with Gasteiger partial charge in [0.05, 0.1) is 0 Å². The minimum absolute atomic E-state index is 0.842. The van der Waals surface area contributed by atoms with Gasteiger partial charge in [-0.15, -0.1) is 0 Å². The molecule has 0 atom stereocenters. The molecule has 0 aromatic heterocycles. The molecule has 0 N–H and O–H groups in total. The average Bonchev–Trinajstić information content (AvgIpc) is 2.72. The summed E-state index contributed by atoms with van der Waals surface area (Å²) in [5, 5.41) is 0. The van der Waals surface area contributed by atoms with Crippen molar-refractivity contribution in [2.75, 3.05) is 45.6 Å². The van der Waals surface area contributed by atoms with Crippen LogP contribution in [0.2, 0.25) is 0 Å². The van der Waals surface area contributed by atoms with E-state index in [1.54, 1.807) is 11.4 Å². The molecule has 0 aromatic carbocycles. The molecular weight excluding hydrogens is 207 g/mol. The summed E-state index contributed by atoms with van der Waals surface area (Å²) < 4.78 is 17.0. The molecule has 1 spiro atoms. The summed E-state index contributed by atoms with van der Waals surface area (Å²) in [6.07, 6.45) is 2.12. The first-order valence-corrected chi connectivity index (χ1v) is 8.51. The molecule has 13 heavy (non-hydrogen) atoms. The third kappa shape index (κ3) is 0.822. The fourth-order valence-corrected chi connectivity index (χ4v) is 10.3. The molecule has 6 heteroatoms. The molecule has 3 saturated heterocycles. The van der Waals surface area contributed by atoms with Crippen molar-refractivity contribution in [3.05, 3.63) is 0 Å². The molecule has 3 rings (SSSR count). The van der Waals surface area contributed by atoms with Crippen LogP contribution in [-0.2, 0) is 9.05 Å². The Balaban J connectivity index is 2.10. The summed E-state index contributed by atoms with van der Waals surface area (Å²) in [6.45, 7) is 3.55. The summed E-state index contributed by atoms with van der Waals surface area (Å²) in [5.41, 5.74) is 0. The van der Waals surface area contributed by atoms with E-state index in [1.165, 1.54) is 0 Å². The maximum atomic E-state index is 6.05. The van der Waals surface area contributed by atoms with Crippen LogP contribution in [0.5, 0.6) is 0 Å². The number of hydrogen-bond acceptors (Lipinski definition) is 5. The first-order valence-electron chi connectivity index (χ1n) is 4.70. The summed E-state index contributed by atoms with van der Waals surface area (Å²) in [7, 11) is 0. The van der Waals surface area contributed by atoms with Gasteiger partial charge in [-0.1, -0.05) is 0 Å². The van der Waals surface area contributed by atoms with Gasteiger partial charge in [-0.3, -0.25) is 0 Å². The third-order valence-corrected chi connectivity index (χ3v) is 11.7. The molecule has 4 nitrogen and oxygen atoms in total. The summed E-state index contributed by atoms with van der Waals surface area (Å²) >= 11 is 1.81. The molecule has 0 aromatic rings. The van der Waals surface area contributed by atoms with Gasteiger partial charge < -0.3 is 0 Å². The van der Waals surface area contributed by atoms with Crippen LogP contribution in [0.25, 0.3) is 0 Å². The second-order valence-corrected chi connectivity index (χ2v) is 10.1. The second kappa shape index (κ2) is 2.60. The van der Waals surface area contributed by atoms with E-state index in [0.717, 1.165) is 39.4 Å². The zero-order valence-electron chi connectivity index (χ0n) is 7.81. The molecule has 3 aliphatic heterocycles. The van der Waals surface area contributed by atoms with Gasteiger partial charge in [-0.05, 0) is 0 Å². The Labute approximate surface area is 82.5 Å². The Morgan fingerprint density at radius 2 is 1.54 bits per heavy atom. The summed E-state index contributed by atoms with van der Waals surface area (Å²) in [6, 6.07) is 0. The average molecular weight is 222 g/mol. The Hall–Kier alpha value is 0.620. The molecule has 76 valence electrons. The van der Waals surface area contributed by atoms with Crippen molar-refractivity contribution in [1.82, 2.24) is 9.34 Å². The van der Waals surface area contributed by atoms with Crippen molar-refractivity contribution < 1.29 is 9.05 Å². The quantitative estimate of drug-likeness (QED) is 0.620. The second-order valence-electron chi connectivity index (χ2n) is 3.56. The third-order valence-electron chi connectivity index (χ3n) is 3.20. The van der Waals surface area contributed by atoms with E-state index in [9.17, 15) is 0 Å². The van der Waals surface area contributed by atoms with E-state index in [-0.39, 0.29) is 0 Å². The predicted octanol–water partition coefficient (Wildman–Crippen LogP) is 1.16. The SMILES string of the molecule is CSP123OCCN1CCN2CCO3. The van der Waals surface area contributed by atoms with Crippen LogP contribution in [0.3, 0.4) is 0 Å². The van der Waals surface area contributed by atoms with Crippen molar-refractivity contribution in [2.45, 2.75) is 0 Å². The van der Waals surface area contributed by atoms with Crippen molar-refractivity contribution in [1.29, 1.82) is 0 Å². The molecule has 3 aliphatic rings. The fraction of sp³-hybridized carbons (Fsp3) is 1.00. The molecule has 0 aliphatic carbocycles. The Bertz CT molecular complexity index is 231. The Kier molecular flexibility index (Phi) is 1.78. The van der Waals surface area contributed by atoms with Gasteiger partial charge in [0.1, 0.15) is 0 Å². The first-order chi connectivity index (χ1) is 6.31. The Morgan fingerprint density at radius 3 is 2.00 bits per heavy atom. The van der Waals surface area contributed by atoms with Crippen LogP contribution in [0.15, 0.2) is 0 Å². The van der Waals surface area contributed by atoms with Crippen LogP contribution in [-0.4, -0.2) is 55.0 Å². The van der Waals surface area contributed by atoms with Gasteiger partial charge in [0.2, 0.25) is 0 Å². The molecular formula is C7H15N2O2PS. The van der Waals surface area contributed by atoms with Crippen molar-refractivity contribution in [3.8, 4) is 0 Å². The van der Waals surface area contributed by atoms with Crippen molar-refractivity contribution in [2.24, 2.45) is 0 Å². The number of nitrogens with zero attached hydrogens (tertiary/aromatic N) is 2. The first kappa shape index (κ1) is 8.89. The van der Waals surface area contributed by atoms with E-state index < -0.39 is 6.56 Å². The zero-order chi connectivity index (χ0) is 8.97. The predicted molar refractivity (Wildman–Crippen MR) is 55.5 cm³/mol. The summed E-state index contributed by atoms with van der Waals surface area (Å²) in [5.74, 6) is 0. The topological polar surface area (TPSA) is 24.9 Å². The van der Waals surface area contributed by atoms with Gasteiger partial charge >= 0.3 is 82.0 Å². The maximum absolute atomic E-state index is 6.05. The molecule has 0 amide bonds. The molecule has 0 bridgehead atoms. The van der Waals surface area contributed by atoms with Gasteiger partial charge in [0, 0.05) is 0 Å². The molecule has 3 fully saturated rings. The minimum atomic E-state index is -2.48. The van der Waals surface area contributed by atoms with Crippen LogP contribution in [0, 0.1) is 0 Å². The van der Waals surface area contributed by atoms with Crippen LogP contribution in [0.4, 0.5) is 0 Å². The van der Waals surface area contributed by atoms with Gasteiger partial charge in [-0.25, -0.2) is 0 Å². The molecule has 0 radical (unpaired) electrons. The summed E-state index contributed by atoms with van der Waals surface area (Å²) in [4.78, 5) is 0. The van der Waals surface area contributed by atoms with Crippen LogP contribution >= 0.6 is 17.9 Å². The van der Waals surface area contributed by atoms with E-state index in [1.807, 2.05) is 0 Å². The number of rotatable bonds is 1. The standard InChI is InChI=1S/C7H15N2O2PS/c1-13-12-8(4-6-10-12)2-3-9(12)5-7-11-12/h2-7H2,1H3.